The number of rotatable bonds is 2. The van der Waals surface area contributed by atoms with Gasteiger partial charge in [0.05, 0.1) is 4.92 Å². The molecule has 1 aliphatic rings. The molecule has 108 valence electrons. The molecule has 6 heteroatoms. The number of amides is 2. The summed E-state index contributed by atoms with van der Waals surface area (Å²) in [5.41, 5.74) is 1.07. The fourth-order valence-corrected chi connectivity index (χ4v) is 2.48. The Hall–Kier alpha value is -2.11. The molecular formula is C14H19N3O3. The van der Waals surface area contributed by atoms with E-state index in [4.69, 9.17) is 0 Å². The number of urea groups is 1. The van der Waals surface area contributed by atoms with Gasteiger partial charge in [-0.15, -0.1) is 0 Å². The third-order valence-corrected chi connectivity index (χ3v) is 3.72. The van der Waals surface area contributed by atoms with Crippen LogP contribution in [0.3, 0.4) is 0 Å². The zero-order chi connectivity index (χ0) is 14.7. The molecule has 2 rings (SSSR count). The maximum absolute atomic E-state index is 12.2. The maximum Gasteiger partial charge on any atom is 0.322 e. The molecule has 1 heterocycles. The van der Waals surface area contributed by atoms with Crippen molar-refractivity contribution in [1.29, 1.82) is 0 Å². The van der Waals surface area contributed by atoms with Gasteiger partial charge in [0.2, 0.25) is 0 Å². The monoisotopic (exact) mass is 277 g/mol. The maximum atomic E-state index is 12.2. The predicted molar refractivity (Wildman–Crippen MR) is 76.9 cm³/mol. The Kier molecular flexibility index (Phi) is 4.22. The summed E-state index contributed by atoms with van der Waals surface area (Å²) >= 11 is 0. The number of carbonyl (C=O) groups excluding carboxylic acids is 1. The lowest BCUT2D eigenvalue weighted by molar-refractivity contribution is -0.385. The van der Waals surface area contributed by atoms with Crippen LogP contribution in [0.5, 0.6) is 0 Å². The average molecular weight is 277 g/mol. The molecule has 20 heavy (non-hydrogen) atoms. The summed E-state index contributed by atoms with van der Waals surface area (Å²) in [5, 5.41) is 13.6. The fraction of sp³-hybridized carbons (Fsp3) is 0.500. The molecule has 0 bridgehead atoms. The summed E-state index contributed by atoms with van der Waals surface area (Å²) in [6, 6.07) is 4.77. The molecule has 0 unspecified atom stereocenters. The first kappa shape index (κ1) is 14.3. The van der Waals surface area contributed by atoms with Crippen molar-refractivity contribution in [3.8, 4) is 0 Å². The molecule has 0 saturated carbocycles. The summed E-state index contributed by atoms with van der Waals surface area (Å²) < 4.78 is 0. The number of hydrogen-bond acceptors (Lipinski definition) is 3. The SMILES string of the molecule is Cc1ccc(NC(=O)N2CCCC[C@@H]2C)cc1[N+](=O)[O-]. The molecule has 1 N–H and O–H groups in total. The fourth-order valence-electron chi connectivity index (χ4n) is 2.48. The normalized spacial score (nSPS) is 18.7. The summed E-state index contributed by atoms with van der Waals surface area (Å²) in [6.07, 6.45) is 3.15. The van der Waals surface area contributed by atoms with Crippen LogP contribution < -0.4 is 5.32 Å². The Bertz CT molecular complexity index is 530. The highest BCUT2D eigenvalue weighted by Gasteiger charge is 2.23. The van der Waals surface area contributed by atoms with Crippen molar-refractivity contribution >= 4 is 17.4 Å². The van der Waals surface area contributed by atoms with Crippen molar-refractivity contribution in [3.05, 3.63) is 33.9 Å². The number of carbonyl (C=O) groups is 1. The Balaban J connectivity index is 2.11. The topological polar surface area (TPSA) is 75.5 Å². The molecule has 1 aromatic carbocycles. The van der Waals surface area contributed by atoms with Crippen LogP contribution in [0.2, 0.25) is 0 Å². The average Bonchev–Trinajstić information content (AvgIpc) is 2.41. The second-order valence-electron chi connectivity index (χ2n) is 5.23. The number of benzene rings is 1. The number of likely N-dealkylation sites (tertiary alicyclic amines) is 1. The Morgan fingerprint density at radius 1 is 1.45 bits per heavy atom. The van der Waals surface area contributed by atoms with E-state index in [9.17, 15) is 14.9 Å². The summed E-state index contributed by atoms with van der Waals surface area (Å²) in [5.74, 6) is 0. The van der Waals surface area contributed by atoms with Gasteiger partial charge in [-0.3, -0.25) is 10.1 Å². The number of piperidine rings is 1. The third kappa shape index (κ3) is 3.07. The van der Waals surface area contributed by atoms with Gasteiger partial charge >= 0.3 is 6.03 Å². The van der Waals surface area contributed by atoms with Crippen LogP contribution in [0.25, 0.3) is 0 Å². The van der Waals surface area contributed by atoms with E-state index in [0.717, 1.165) is 25.8 Å². The van der Waals surface area contributed by atoms with E-state index in [0.29, 0.717) is 11.3 Å². The standard InChI is InChI=1S/C14H19N3O3/c1-10-6-7-12(9-13(10)17(19)20)15-14(18)16-8-4-3-5-11(16)2/h6-7,9,11H,3-5,8H2,1-2H3,(H,15,18)/t11-/m0/s1. The first-order valence-corrected chi connectivity index (χ1v) is 6.81. The van der Waals surface area contributed by atoms with E-state index in [1.54, 1.807) is 24.0 Å². The van der Waals surface area contributed by atoms with Gasteiger partial charge in [0.1, 0.15) is 0 Å². The minimum absolute atomic E-state index is 0.0227. The molecule has 2 amide bonds. The lowest BCUT2D eigenvalue weighted by atomic mass is 10.0. The van der Waals surface area contributed by atoms with Crippen molar-refractivity contribution in [2.45, 2.75) is 39.2 Å². The largest absolute Gasteiger partial charge is 0.322 e. The number of nitro groups is 1. The minimum Gasteiger partial charge on any atom is -0.322 e. The number of aryl methyl sites for hydroxylation is 1. The second-order valence-corrected chi connectivity index (χ2v) is 5.23. The van der Waals surface area contributed by atoms with Crippen LogP contribution in [-0.2, 0) is 0 Å². The summed E-state index contributed by atoms with van der Waals surface area (Å²) in [4.78, 5) is 24.4. The third-order valence-electron chi connectivity index (χ3n) is 3.72. The van der Waals surface area contributed by atoms with E-state index in [1.165, 1.54) is 6.07 Å². The van der Waals surface area contributed by atoms with Crippen LogP contribution in [-0.4, -0.2) is 28.4 Å². The molecule has 6 nitrogen and oxygen atoms in total. The van der Waals surface area contributed by atoms with Crippen molar-refractivity contribution < 1.29 is 9.72 Å². The highest BCUT2D eigenvalue weighted by atomic mass is 16.6. The van der Waals surface area contributed by atoms with E-state index in [1.807, 2.05) is 6.92 Å². The Morgan fingerprint density at radius 3 is 2.85 bits per heavy atom. The van der Waals surface area contributed by atoms with E-state index >= 15 is 0 Å². The highest BCUT2D eigenvalue weighted by Crippen LogP contribution is 2.23. The van der Waals surface area contributed by atoms with Gasteiger partial charge in [-0.05, 0) is 39.2 Å². The molecule has 1 atom stereocenters. The molecule has 1 aromatic rings. The molecular weight excluding hydrogens is 258 g/mol. The van der Waals surface area contributed by atoms with E-state index < -0.39 is 4.92 Å². The summed E-state index contributed by atoms with van der Waals surface area (Å²) in [6.45, 7) is 4.44. The van der Waals surface area contributed by atoms with E-state index in [-0.39, 0.29) is 17.8 Å². The summed E-state index contributed by atoms with van der Waals surface area (Å²) in [7, 11) is 0. The van der Waals surface area contributed by atoms with Gasteiger partial charge in [0, 0.05) is 29.9 Å². The number of anilines is 1. The highest BCUT2D eigenvalue weighted by molar-refractivity contribution is 5.90. The van der Waals surface area contributed by atoms with Crippen LogP contribution in [0, 0.1) is 17.0 Å². The van der Waals surface area contributed by atoms with Gasteiger partial charge in [0.15, 0.2) is 0 Å². The molecule has 1 fully saturated rings. The van der Waals surface area contributed by atoms with Gasteiger partial charge in [0.25, 0.3) is 5.69 Å². The van der Waals surface area contributed by atoms with Crippen molar-refractivity contribution in [2.75, 3.05) is 11.9 Å². The first-order valence-electron chi connectivity index (χ1n) is 6.81. The van der Waals surface area contributed by atoms with Gasteiger partial charge in [-0.2, -0.15) is 0 Å². The number of nitrogens with zero attached hydrogens (tertiary/aromatic N) is 2. The molecule has 0 spiro atoms. The molecule has 1 aliphatic heterocycles. The number of nitrogens with one attached hydrogen (secondary N) is 1. The molecule has 0 radical (unpaired) electrons. The van der Waals surface area contributed by atoms with Gasteiger partial charge in [-0.1, -0.05) is 6.07 Å². The minimum atomic E-state index is -0.436. The van der Waals surface area contributed by atoms with E-state index in [2.05, 4.69) is 5.32 Å². The lowest BCUT2D eigenvalue weighted by Gasteiger charge is -2.33. The zero-order valence-corrected chi connectivity index (χ0v) is 11.8. The van der Waals surface area contributed by atoms with Gasteiger partial charge < -0.3 is 10.2 Å². The molecule has 0 aromatic heterocycles. The number of hydrogen-bond donors (Lipinski definition) is 1. The second kappa shape index (κ2) is 5.90. The first-order chi connectivity index (χ1) is 9.49. The van der Waals surface area contributed by atoms with Crippen LogP contribution >= 0.6 is 0 Å². The van der Waals surface area contributed by atoms with Crippen LogP contribution in [0.4, 0.5) is 16.2 Å². The van der Waals surface area contributed by atoms with Gasteiger partial charge in [-0.25, -0.2) is 4.79 Å². The Morgan fingerprint density at radius 2 is 2.20 bits per heavy atom. The predicted octanol–water partition coefficient (Wildman–Crippen LogP) is 3.31. The smallest absolute Gasteiger partial charge is 0.322 e. The zero-order valence-electron chi connectivity index (χ0n) is 11.8. The molecule has 0 aliphatic carbocycles. The van der Waals surface area contributed by atoms with Crippen LogP contribution in [0.1, 0.15) is 31.7 Å². The molecule has 1 saturated heterocycles. The van der Waals surface area contributed by atoms with Crippen molar-refractivity contribution in [2.24, 2.45) is 0 Å². The lowest BCUT2D eigenvalue weighted by Crippen LogP contribution is -2.44. The van der Waals surface area contributed by atoms with Crippen molar-refractivity contribution in [3.63, 3.8) is 0 Å². The van der Waals surface area contributed by atoms with Crippen LogP contribution in [0.15, 0.2) is 18.2 Å². The quantitative estimate of drug-likeness (QED) is 0.665. The Labute approximate surface area is 117 Å². The van der Waals surface area contributed by atoms with Crippen molar-refractivity contribution in [1.82, 2.24) is 4.90 Å². The number of nitro benzene ring substituents is 1.